The summed E-state index contributed by atoms with van der Waals surface area (Å²) in [5, 5.41) is 6.32. The molecule has 5 nitrogen and oxygen atoms in total. The van der Waals surface area contributed by atoms with Gasteiger partial charge in [-0.05, 0) is 25.1 Å². The van der Waals surface area contributed by atoms with Gasteiger partial charge in [-0.2, -0.15) is 0 Å². The number of carbonyl (C=O) groups is 1. The fourth-order valence-corrected chi connectivity index (χ4v) is 3.34. The lowest BCUT2D eigenvalue weighted by Gasteiger charge is -2.02. The van der Waals surface area contributed by atoms with Crippen LogP contribution in [0.3, 0.4) is 0 Å². The first-order valence-corrected chi connectivity index (χ1v) is 7.68. The summed E-state index contributed by atoms with van der Waals surface area (Å²) >= 11 is 2.99. The molecule has 0 saturated carbocycles. The predicted octanol–water partition coefficient (Wildman–Crippen LogP) is 2.77. The fraction of sp³-hybridized carbons (Fsp3) is 0.154. The normalized spacial score (nSPS) is 10.9. The molecule has 0 radical (unpaired) electrons. The number of hydrogen-bond acceptors (Lipinski definition) is 6. The van der Waals surface area contributed by atoms with E-state index < -0.39 is 0 Å². The van der Waals surface area contributed by atoms with E-state index in [9.17, 15) is 4.79 Å². The quantitative estimate of drug-likeness (QED) is 0.779. The molecule has 2 heterocycles. The van der Waals surface area contributed by atoms with Gasteiger partial charge in [-0.25, -0.2) is 9.97 Å². The first kappa shape index (κ1) is 13.2. The molecule has 0 atom stereocenters. The van der Waals surface area contributed by atoms with Crippen molar-refractivity contribution >= 4 is 44.5 Å². The van der Waals surface area contributed by atoms with E-state index in [1.807, 2.05) is 25.1 Å². The third-order valence-corrected chi connectivity index (χ3v) is 4.52. The SMILES string of the molecule is Cc1nc2ccc(NC(=O)c3csc(CN)n3)cc2s1. The Kier molecular flexibility index (Phi) is 3.47. The Labute approximate surface area is 123 Å². The van der Waals surface area contributed by atoms with Crippen LogP contribution in [0.2, 0.25) is 0 Å². The minimum atomic E-state index is -0.221. The van der Waals surface area contributed by atoms with Crippen molar-refractivity contribution in [1.29, 1.82) is 0 Å². The van der Waals surface area contributed by atoms with Crippen molar-refractivity contribution in [1.82, 2.24) is 9.97 Å². The van der Waals surface area contributed by atoms with E-state index >= 15 is 0 Å². The van der Waals surface area contributed by atoms with Gasteiger partial charge in [0.25, 0.3) is 5.91 Å². The lowest BCUT2D eigenvalue weighted by Crippen LogP contribution is -2.12. The monoisotopic (exact) mass is 304 g/mol. The molecule has 1 amide bonds. The lowest BCUT2D eigenvalue weighted by atomic mass is 10.3. The van der Waals surface area contributed by atoms with Gasteiger partial charge in [0.2, 0.25) is 0 Å². The molecule has 0 fully saturated rings. The summed E-state index contributed by atoms with van der Waals surface area (Å²) in [6, 6.07) is 5.67. The molecule has 2 aromatic heterocycles. The maximum atomic E-state index is 12.1. The van der Waals surface area contributed by atoms with Crippen LogP contribution in [0.15, 0.2) is 23.6 Å². The Morgan fingerprint density at radius 3 is 3.00 bits per heavy atom. The summed E-state index contributed by atoms with van der Waals surface area (Å²) in [6.07, 6.45) is 0. The highest BCUT2D eigenvalue weighted by atomic mass is 32.1. The van der Waals surface area contributed by atoms with E-state index in [4.69, 9.17) is 5.73 Å². The molecule has 1 aromatic carbocycles. The summed E-state index contributed by atoms with van der Waals surface area (Å²) in [7, 11) is 0. The molecule has 0 unspecified atom stereocenters. The largest absolute Gasteiger partial charge is 0.325 e. The van der Waals surface area contributed by atoms with E-state index in [2.05, 4.69) is 15.3 Å². The second-order valence-electron chi connectivity index (χ2n) is 4.20. The number of nitrogens with zero attached hydrogens (tertiary/aromatic N) is 2. The first-order valence-electron chi connectivity index (χ1n) is 5.99. The lowest BCUT2D eigenvalue weighted by molar-refractivity contribution is 0.102. The van der Waals surface area contributed by atoms with Gasteiger partial charge in [0, 0.05) is 17.6 Å². The predicted molar refractivity (Wildman–Crippen MR) is 82.3 cm³/mol. The highest BCUT2D eigenvalue weighted by molar-refractivity contribution is 7.18. The first-order chi connectivity index (χ1) is 9.65. The molecular weight excluding hydrogens is 292 g/mol. The van der Waals surface area contributed by atoms with E-state index in [-0.39, 0.29) is 5.91 Å². The van der Waals surface area contributed by atoms with E-state index in [1.165, 1.54) is 11.3 Å². The number of thiazole rings is 2. The Morgan fingerprint density at radius 2 is 2.25 bits per heavy atom. The highest BCUT2D eigenvalue weighted by Crippen LogP contribution is 2.25. The summed E-state index contributed by atoms with van der Waals surface area (Å²) in [5.74, 6) is -0.221. The van der Waals surface area contributed by atoms with Crippen molar-refractivity contribution in [3.8, 4) is 0 Å². The fourth-order valence-electron chi connectivity index (χ4n) is 1.82. The summed E-state index contributed by atoms with van der Waals surface area (Å²) in [4.78, 5) is 20.6. The van der Waals surface area contributed by atoms with E-state index in [0.717, 1.165) is 25.9 Å². The van der Waals surface area contributed by atoms with Gasteiger partial charge < -0.3 is 11.1 Å². The maximum Gasteiger partial charge on any atom is 0.275 e. The van der Waals surface area contributed by atoms with Crippen LogP contribution in [-0.2, 0) is 6.54 Å². The number of anilines is 1. The van der Waals surface area contributed by atoms with E-state index in [1.54, 1.807) is 16.7 Å². The Balaban J connectivity index is 1.82. The van der Waals surface area contributed by atoms with Gasteiger partial charge in [-0.15, -0.1) is 22.7 Å². The smallest absolute Gasteiger partial charge is 0.275 e. The van der Waals surface area contributed by atoms with Crippen molar-refractivity contribution in [3.63, 3.8) is 0 Å². The molecule has 0 aliphatic heterocycles. The number of rotatable bonds is 3. The zero-order chi connectivity index (χ0) is 14.1. The van der Waals surface area contributed by atoms with Gasteiger partial charge in [-0.1, -0.05) is 0 Å². The Bertz CT molecular complexity index is 778. The van der Waals surface area contributed by atoms with Gasteiger partial charge in [-0.3, -0.25) is 4.79 Å². The van der Waals surface area contributed by atoms with Crippen molar-refractivity contribution in [2.75, 3.05) is 5.32 Å². The number of aryl methyl sites for hydroxylation is 1. The van der Waals surface area contributed by atoms with Gasteiger partial charge in [0.15, 0.2) is 0 Å². The zero-order valence-electron chi connectivity index (χ0n) is 10.7. The molecule has 7 heteroatoms. The van der Waals surface area contributed by atoms with Crippen LogP contribution in [0.4, 0.5) is 5.69 Å². The molecule has 3 N–H and O–H groups in total. The topological polar surface area (TPSA) is 80.9 Å². The summed E-state index contributed by atoms with van der Waals surface area (Å²) in [5.41, 5.74) is 7.58. The van der Waals surface area contributed by atoms with Crippen LogP contribution in [0, 0.1) is 6.92 Å². The number of carbonyl (C=O) groups excluding carboxylic acids is 1. The van der Waals surface area contributed by atoms with Crippen molar-refractivity contribution in [2.45, 2.75) is 13.5 Å². The second kappa shape index (κ2) is 5.28. The molecular formula is C13H12N4OS2. The van der Waals surface area contributed by atoms with Crippen molar-refractivity contribution in [2.24, 2.45) is 5.73 Å². The van der Waals surface area contributed by atoms with Gasteiger partial charge >= 0.3 is 0 Å². The van der Waals surface area contributed by atoms with E-state index in [0.29, 0.717) is 12.2 Å². The molecule has 0 saturated heterocycles. The molecule has 102 valence electrons. The number of benzene rings is 1. The molecule has 0 bridgehead atoms. The molecule has 0 aliphatic rings. The zero-order valence-corrected chi connectivity index (χ0v) is 12.3. The minimum Gasteiger partial charge on any atom is -0.325 e. The molecule has 0 aliphatic carbocycles. The molecule has 0 spiro atoms. The standard InChI is InChI=1S/C13H12N4OS2/c1-7-15-9-3-2-8(4-11(9)20-7)16-13(18)10-6-19-12(5-14)17-10/h2-4,6H,5,14H2,1H3,(H,16,18). The number of amides is 1. The molecule has 3 aromatic rings. The van der Waals surface area contributed by atoms with Crippen LogP contribution in [0.5, 0.6) is 0 Å². The average Bonchev–Trinajstić information content (AvgIpc) is 3.03. The van der Waals surface area contributed by atoms with Crippen LogP contribution in [0.25, 0.3) is 10.2 Å². The maximum absolute atomic E-state index is 12.1. The number of aromatic nitrogens is 2. The van der Waals surface area contributed by atoms with Crippen LogP contribution >= 0.6 is 22.7 Å². The second-order valence-corrected chi connectivity index (χ2v) is 6.38. The number of fused-ring (bicyclic) bond motifs is 1. The number of nitrogens with one attached hydrogen (secondary N) is 1. The minimum absolute atomic E-state index is 0.221. The van der Waals surface area contributed by atoms with Crippen molar-refractivity contribution in [3.05, 3.63) is 39.3 Å². The number of nitrogens with two attached hydrogens (primary N) is 1. The van der Waals surface area contributed by atoms with Crippen LogP contribution in [-0.4, -0.2) is 15.9 Å². The van der Waals surface area contributed by atoms with Gasteiger partial charge in [0.05, 0.1) is 15.2 Å². The third kappa shape index (κ3) is 2.55. The molecule has 3 rings (SSSR count). The average molecular weight is 304 g/mol. The summed E-state index contributed by atoms with van der Waals surface area (Å²) < 4.78 is 1.06. The van der Waals surface area contributed by atoms with Crippen LogP contribution < -0.4 is 11.1 Å². The van der Waals surface area contributed by atoms with Crippen LogP contribution in [0.1, 0.15) is 20.5 Å². The Hall–Kier alpha value is -1.83. The Morgan fingerprint density at radius 1 is 1.40 bits per heavy atom. The van der Waals surface area contributed by atoms with Crippen molar-refractivity contribution < 1.29 is 4.79 Å². The number of hydrogen-bond donors (Lipinski definition) is 2. The summed E-state index contributed by atoms with van der Waals surface area (Å²) in [6.45, 7) is 2.32. The third-order valence-electron chi connectivity index (χ3n) is 2.71. The van der Waals surface area contributed by atoms with Gasteiger partial charge in [0.1, 0.15) is 10.7 Å². The highest BCUT2D eigenvalue weighted by Gasteiger charge is 2.11. The molecule has 20 heavy (non-hydrogen) atoms.